The lowest BCUT2D eigenvalue weighted by Gasteiger charge is -2.40. The molecule has 5 rings (SSSR count). The Morgan fingerprint density at radius 1 is 1.05 bits per heavy atom. The zero-order chi connectivity index (χ0) is 28.1. The number of anilines is 1. The standard InChI is InChI=1S/C30H38ClN3O5/c1-5-15-32-16-9-13-29(7-3)22(26(32)36)23-27(37)34(20(6-2)18-35)25-28(38)33(17-10-14-30(23,25)39-29)24-19(4)11-8-12-21(24)31/h8-14,20,22-23,25,35H,5-7,15-18H2,1-4H3/t20-,22+,23-,25?,29-,30-/m0/s1. The van der Waals surface area contributed by atoms with Crippen LogP contribution in [0.1, 0.15) is 45.6 Å². The highest BCUT2D eigenvalue weighted by atomic mass is 35.5. The second-order valence-electron chi connectivity index (χ2n) is 11.1. The van der Waals surface area contributed by atoms with E-state index in [2.05, 4.69) is 0 Å². The summed E-state index contributed by atoms with van der Waals surface area (Å²) in [6, 6.07) is 3.81. The third-order valence-corrected chi connectivity index (χ3v) is 9.29. The van der Waals surface area contributed by atoms with E-state index in [0.717, 1.165) is 12.0 Å². The third-order valence-electron chi connectivity index (χ3n) is 8.99. The number of aryl methyl sites for hydroxylation is 1. The van der Waals surface area contributed by atoms with E-state index in [9.17, 15) is 19.5 Å². The molecule has 1 spiro atoms. The Kier molecular flexibility index (Phi) is 7.42. The van der Waals surface area contributed by atoms with Gasteiger partial charge in [0.2, 0.25) is 11.8 Å². The summed E-state index contributed by atoms with van der Waals surface area (Å²) in [7, 11) is 0. The van der Waals surface area contributed by atoms with Crippen LogP contribution < -0.4 is 4.90 Å². The molecule has 210 valence electrons. The van der Waals surface area contributed by atoms with E-state index in [4.69, 9.17) is 16.3 Å². The van der Waals surface area contributed by atoms with Crippen molar-refractivity contribution in [3.63, 3.8) is 0 Å². The van der Waals surface area contributed by atoms with E-state index < -0.39 is 35.1 Å². The fourth-order valence-corrected chi connectivity index (χ4v) is 7.52. The van der Waals surface area contributed by atoms with Gasteiger partial charge < -0.3 is 24.5 Å². The van der Waals surface area contributed by atoms with Gasteiger partial charge in [-0.3, -0.25) is 14.4 Å². The maximum atomic E-state index is 14.6. The molecule has 8 nitrogen and oxygen atoms in total. The average molecular weight is 556 g/mol. The van der Waals surface area contributed by atoms with Crippen LogP contribution in [0.3, 0.4) is 0 Å². The molecule has 2 fully saturated rings. The lowest BCUT2D eigenvalue weighted by molar-refractivity contribution is -0.152. The lowest BCUT2D eigenvalue weighted by Crippen LogP contribution is -2.59. The van der Waals surface area contributed by atoms with Crippen molar-refractivity contribution in [2.45, 2.75) is 70.2 Å². The molecule has 6 atom stereocenters. The number of aliphatic hydroxyl groups is 1. The lowest BCUT2D eigenvalue weighted by atomic mass is 9.73. The monoisotopic (exact) mass is 555 g/mol. The highest BCUT2D eigenvalue weighted by Crippen LogP contribution is 2.59. The van der Waals surface area contributed by atoms with Crippen molar-refractivity contribution in [1.82, 2.24) is 9.80 Å². The fraction of sp³-hybridized carbons (Fsp3) is 0.567. The molecular weight excluding hydrogens is 518 g/mol. The minimum atomic E-state index is -1.36. The van der Waals surface area contributed by atoms with Gasteiger partial charge in [0.15, 0.2) is 0 Å². The van der Waals surface area contributed by atoms with Crippen LogP contribution in [0.25, 0.3) is 0 Å². The van der Waals surface area contributed by atoms with Crippen LogP contribution in [-0.4, -0.2) is 82.2 Å². The summed E-state index contributed by atoms with van der Waals surface area (Å²) >= 11 is 6.61. The number of nitrogens with zero attached hydrogens (tertiary/aromatic N) is 3. The molecule has 3 amide bonds. The van der Waals surface area contributed by atoms with E-state index in [-0.39, 0.29) is 30.9 Å². The van der Waals surface area contributed by atoms with Gasteiger partial charge in [0.1, 0.15) is 11.6 Å². The van der Waals surface area contributed by atoms with Crippen LogP contribution in [0, 0.1) is 18.8 Å². The zero-order valence-corrected chi connectivity index (χ0v) is 23.9. The van der Waals surface area contributed by atoms with E-state index in [1.165, 1.54) is 4.90 Å². The number of hydrogen-bond donors (Lipinski definition) is 1. The first-order chi connectivity index (χ1) is 18.7. The minimum absolute atomic E-state index is 0.125. The maximum Gasteiger partial charge on any atom is 0.253 e. The van der Waals surface area contributed by atoms with Crippen molar-refractivity contribution >= 4 is 35.0 Å². The number of rotatable bonds is 7. The van der Waals surface area contributed by atoms with Crippen LogP contribution in [0.5, 0.6) is 0 Å². The molecule has 1 unspecified atom stereocenters. The fourth-order valence-electron chi connectivity index (χ4n) is 7.19. The molecular formula is C30H38ClN3O5. The average Bonchev–Trinajstić information content (AvgIpc) is 3.21. The van der Waals surface area contributed by atoms with E-state index in [0.29, 0.717) is 36.6 Å². The summed E-state index contributed by atoms with van der Waals surface area (Å²) in [5, 5.41) is 10.8. The highest BCUT2D eigenvalue weighted by Gasteiger charge is 2.75. The Balaban J connectivity index is 1.71. The Hall–Kier alpha value is -2.68. The van der Waals surface area contributed by atoms with Gasteiger partial charge >= 0.3 is 0 Å². The number of amides is 3. The van der Waals surface area contributed by atoms with Gasteiger partial charge in [-0.1, -0.05) is 68.8 Å². The van der Waals surface area contributed by atoms with Crippen molar-refractivity contribution < 1.29 is 24.2 Å². The number of para-hydroxylation sites is 1. The van der Waals surface area contributed by atoms with Crippen molar-refractivity contribution in [3.05, 3.63) is 53.1 Å². The van der Waals surface area contributed by atoms with Crippen molar-refractivity contribution in [1.29, 1.82) is 0 Å². The molecule has 0 saturated carbocycles. The van der Waals surface area contributed by atoms with Gasteiger partial charge in [0, 0.05) is 19.6 Å². The van der Waals surface area contributed by atoms with Gasteiger partial charge in [-0.15, -0.1) is 0 Å². The van der Waals surface area contributed by atoms with Crippen LogP contribution in [0.4, 0.5) is 5.69 Å². The van der Waals surface area contributed by atoms with Gasteiger partial charge in [-0.2, -0.15) is 0 Å². The smallest absolute Gasteiger partial charge is 0.253 e. The molecule has 39 heavy (non-hydrogen) atoms. The first-order valence-electron chi connectivity index (χ1n) is 14.0. The summed E-state index contributed by atoms with van der Waals surface area (Å²) < 4.78 is 6.98. The predicted molar refractivity (Wildman–Crippen MR) is 149 cm³/mol. The predicted octanol–water partition coefficient (Wildman–Crippen LogP) is 3.49. The quantitative estimate of drug-likeness (QED) is 0.520. The second-order valence-corrected chi connectivity index (χ2v) is 11.5. The van der Waals surface area contributed by atoms with Gasteiger partial charge in [0.05, 0.1) is 40.8 Å². The molecule has 0 bridgehead atoms. The van der Waals surface area contributed by atoms with Crippen LogP contribution in [0.15, 0.2) is 42.5 Å². The highest BCUT2D eigenvalue weighted by molar-refractivity contribution is 6.34. The van der Waals surface area contributed by atoms with Crippen LogP contribution in [0.2, 0.25) is 5.02 Å². The number of aliphatic hydroxyl groups excluding tert-OH is 1. The minimum Gasteiger partial charge on any atom is -0.394 e. The van der Waals surface area contributed by atoms with E-state index in [1.54, 1.807) is 15.9 Å². The summed E-state index contributed by atoms with van der Waals surface area (Å²) in [5.41, 5.74) is -0.971. The number of ether oxygens (including phenoxy) is 1. The maximum absolute atomic E-state index is 14.6. The van der Waals surface area contributed by atoms with Crippen LogP contribution in [-0.2, 0) is 19.1 Å². The Bertz CT molecular complexity index is 1210. The zero-order valence-electron chi connectivity index (χ0n) is 23.1. The second kappa shape index (κ2) is 10.4. The molecule has 0 aliphatic carbocycles. The molecule has 4 heterocycles. The van der Waals surface area contributed by atoms with Gasteiger partial charge in [0.25, 0.3) is 5.91 Å². The molecule has 1 aromatic carbocycles. The van der Waals surface area contributed by atoms with Gasteiger partial charge in [-0.05, 0) is 37.8 Å². The topological polar surface area (TPSA) is 90.4 Å². The number of carbonyl (C=O) groups is 3. The number of hydrogen-bond acceptors (Lipinski definition) is 5. The number of halogens is 1. The van der Waals surface area contributed by atoms with Crippen LogP contribution >= 0.6 is 11.6 Å². The number of carbonyl (C=O) groups excluding carboxylic acids is 3. The van der Waals surface area contributed by atoms with E-state index in [1.807, 2.05) is 64.1 Å². The number of fused-ring (bicyclic) bond motifs is 2. The molecule has 4 aliphatic heterocycles. The Labute approximate surface area is 235 Å². The summed E-state index contributed by atoms with van der Waals surface area (Å²) in [6.45, 7) is 8.71. The molecule has 0 radical (unpaired) electrons. The van der Waals surface area contributed by atoms with Crippen molar-refractivity contribution in [3.8, 4) is 0 Å². The Morgan fingerprint density at radius 3 is 2.44 bits per heavy atom. The van der Waals surface area contributed by atoms with E-state index >= 15 is 0 Å². The first kappa shape index (κ1) is 27.9. The summed E-state index contributed by atoms with van der Waals surface area (Å²) in [5.74, 6) is -2.46. The molecule has 1 aromatic rings. The summed E-state index contributed by atoms with van der Waals surface area (Å²) in [6.07, 6.45) is 9.31. The summed E-state index contributed by atoms with van der Waals surface area (Å²) in [4.78, 5) is 48.2. The third kappa shape index (κ3) is 3.98. The SMILES string of the molecule is CCCN1CC=C[C@]2(CC)O[C@]34C=CCN(c5c(C)cccc5Cl)C(=O)C3N([C@@H](CC)CO)C(=O)[C@@H]4[C@@H]2C1=O. The number of likely N-dealkylation sites (tertiary alicyclic amines) is 1. The molecule has 4 aliphatic rings. The normalized spacial score (nSPS) is 32.7. The van der Waals surface area contributed by atoms with Crippen molar-refractivity contribution in [2.24, 2.45) is 11.8 Å². The molecule has 0 aromatic heterocycles. The molecule has 2 saturated heterocycles. The molecule has 1 N–H and O–H groups in total. The largest absolute Gasteiger partial charge is 0.394 e. The van der Waals surface area contributed by atoms with Gasteiger partial charge in [-0.25, -0.2) is 0 Å². The van der Waals surface area contributed by atoms with Crippen molar-refractivity contribution in [2.75, 3.05) is 31.1 Å². The Morgan fingerprint density at radius 2 is 1.79 bits per heavy atom. The first-order valence-corrected chi connectivity index (χ1v) is 14.4. The molecule has 9 heteroatoms. The number of benzene rings is 1.